The standard InChI is InChI=1S/C27H24N6S/c28-16-21-7-9-22(10-8-21)17-33-20-29-31-27(33)19-32(14-13-25-5-3-15-34-25)18-24-12-11-23-4-1-2-6-26(23)30-24/h1-12,15,20H,13-14,17-19H2. The summed E-state index contributed by atoms with van der Waals surface area (Å²) >= 11 is 1.79. The number of pyridine rings is 1. The SMILES string of the molecule is N#Cc1ccc(Cn2cnnc2CN(CCc2cccs2)Cc2ccc3ccccc3n2)cc1. The fraction of sp³-hybridized carbons (Fsp3) is 0.185. The third-order valence-electron chi connectivity index (χ3n) is 5.79. The second-order valence-electron chi connectivity index (χ2n) is 8.22. The molecule has 34 heavy (non-hydrogen) atoms. The maximum atomic E-state index is 9.04. The topological polar surface area (TPSA) is 70.6 Å². The highest BCUT2D eigenvalue weighted by atomic mass is 32.1. The normalized spacial score (nSPS) is 11.2. The Balaban J connectivity index is 1.34. The van der Waals surface area contributed by atoms with Crippen LogP contribution in [0.25, 0.3) is 10.9 Å². The number of thiophene rings is 1. The first-order valence-electron chi connectivity index (χ1n) is 11.2. The second-order valence-corrected chi connectivity index (χ2v) is 9.25. The molecule has 0 saturated carbocycles. The number of para-hydroxylation sites is 1. The summed E-state index contributed by atoms with van der Waals surface area (Å²) in [5, 5.41) is 20.9. The molecule has 0 N–H and O–H groups in total. The number of aromatic nitrogens is 4. The largest absolute Gasteiger partial charge is 0.312 e. The van der Waals surface area contributed by atoms with Gasteiger partial charge < -0.3 is 4.57 Å². The van der Waals surface area contributed by atoms with Gasteiger partial charge in [0, 0.05) is 23.4 Å². The molecule has 0 aliphatic carbocycles. The van der Waals surface area contributed by atoms with Gasteiger partial charge in [0.05, 0.1) is 35.9 Å². The minimum atomic E-state index is 0.662. The van der Waals surface area contributed by atoms with Crippen molar-refractivity contribution in [2.45, 2.75) is 26.1 Å². The molecule has 5 rings (SSSR count). The molecule has 2 aromatic carbocycles. The summed E-state index contributed by atoms with van der Waals surface area (Å²) in [6.07, 6.45) is 2.76. The van der Waals surface area contributed by atoms with E-state index in [0.29, 0.717) is 18.7 Å². The van der Waals surface area contributed by atoms with E-state index in [4.69, 9.17) is 10.2 Å². The van der Waals surface area contributed by atoms with Gasteiger partial charge in [-0.1, -0.05) is 42.5 Å². The molecule has 0 aliphatic rings. The molecular formula is C27H24N6S. The van der Waals surface area contributed by atoms with Gasteiger partial charge in [-0.3, -0.25) is 9.88 Å². The van der Waals surface area contributed by atoms with Crippen LogP contribution in [-0.2, 0) is 26.1 Å². The van der Waals surface area contributed by atoms with Gasteiger partial charge in [-0.05, 0) is 47.7 Å². The summed E-state index contributed by atoms with van der Waals surface area (Å²) in [7, 11) is 0. The van der Waals surface area contributed by atoms with E-state index in [1.54, 1.807) is 17.7 Å². The predicted molar refractivity (Wildman–Crippen MR) is 134 cm³/mol. The van der Waals surface area contributed by atoms with E-state index in [0.717, 1.165) is 47.5 Å². The van der Waals surface area contributed by atoms with Crippen LogP contribution in [-0.4, -0.2) is 31.2 Å². The lowest BCUT2D eigenvalue weighted by molar-refractivity contribution is 0.248. The Labute approximate surface area is 202 Å². The van der Waals surface area contributed by atoms with Crippen LogP contribution in [0.1, 0.15) is 27.5 Å². The minimum Gasteiger partial charge on any atom is -0.312 e. The van der Waals surface area contributed by atoms with E-state index in [1.807, 2.05) is 36.4 Å². The molecule has 168 valence electrons. The molecular weight excluding hydrogens is 440 g/mol. The van der Waals surface area contributed by atoms with Gasteiger partial charge in [-0.2, -0.15) is 5.26 Å². The summed E-state index contributed by atoms with van der Waals surface area (Å²) in [5.74, 6) is 0.913. The maximum absolute atomic E-state index is 9.04. The van der Waals surface area contributed by atoms with Crippen LogP contribution < -0.4 is 0 Å². The maximum Gasteiger partial charge on any atom is 0.147 e. The van der Waals surface area contributed by atoms with E-state index >= 15 is 0 Å². The fourth-order valence-corrected chi connectivity index (χ4v) is 4.68. The van der Waals surface area contributed by atoms with Gasteiger partial charge in [0.25, 0.3) is 0 Å². The van der Waals surface area contributed by atoms with Gasteiger partial charge in [0.1, 0.15) is 12.2 Å². The number of hydrogen-bond acceptors (Lipinski definition) is 6. The molecule has 0 bridgehead atoms. The zero-order valence-electron chi connectivity index (χ0n) is 18.7. The van der Waals surface area contributed by atoms with Crippen molar-refractivity contribution in [2.24, 2.45) is 0 Å². The van der Waals surface area contributed by atoms with Gasteiger partial charge in [-0.25, -0.2) is 0 Å². The molecule has 5 aromatic rings. The van der Waals surface area contributed by atoms with E-state index in [2.05, 4.69) is 67.5 Å². The Morgan fingerprint density at radius 1 is 0.941 bits per heavy atom. The van der Waals surface area contributed by atoms with Crippen LogP contribution in [0.2, 0.25) is 0 Å². The summed E-state index contributed by atoms with van der Waals surface area (Å²) in [6, 6.07) is 26.6. The summed E-state index contributed by atoms with van der Waals surface area (Å²) in [4.78, 5) is 8.64. The number of fused-ring (bicyclic) bond motifs is 1. The zero-order chi connectivity index (χ0) is 23.2. The molecule has 0 radical (unpaired) electrons. The fourth-order valence-electron chi connectivity index (χ4n) is 3.98. The molecule has 0 saturated heterocycles. The van der Waals surface area contributed by atoms with Crippen molar-refractivity contribution in [1.29, 1.82) is 5.26 Å². The molecule has 0 aliphatic heterocycles. The third-order valence-corrected chi connectivity index (χ3v) is 6.73. The first kappa shape index (κ1) is 22.0. The molecule has 7 heteroatoms. The van der Waals surface area contributed by atoms with Crippen molar-refractivity contribution in [1.82, 2.24) is 24.6 Å². The molecule has 0 unspecified atom stereocenters. The predicted octanol–water partition coefficient (Wildman–Crippen LogP) is 5.05. The van der Waals surface area contributed by atoms with E-state index < -0.39 is 0 Å². The van der Waals surface area contributed by atoms with Crippen LogP contribution in [0.5, 0.6) is 0 Å². The number of benzene rings is 2. The molecule has 0 amide bonds. The highest BCUT2D eigenvalue weighted by molar-refractivity contribution is 7.09. The first-order valence-corrected chi connectivity index (χ1v) is 12.1. The van der Waals surface area contributed by atoms with Gasteiger partial charge in [-0.15, -0.1) is 21.5 Å². The quantitative estimate of drug-likeness (QED) is 0.305. The monoisotopic (exact) mass is 464 g/mol. The highest BCUT2D eigenvalue weighted by Gasteiger charge is 2.14. The van der Waals surface area contributed by atoms with Crippen LogP contribution in [0.4, 0.5) is 0 Å². The minimum absolute atomic E-state index is 0.662. The number of rotatable bonds is 9. The summed E-state index contributed by atoms with van der Waals surface area (Å²) in [5.41, 5.74) is 3.84. The van der Waals surface area contributed by atoms with Crippen molar-refractivity contribution in [3.8, 4) is 6.07 Å². The smallest absolute Gasteiger partial charge is 0.147 e. The number of nitrogens with zero attached hydrogens (tertiary/aromatic N) is 6. The average molecular weight is 465 g/mol. The average Bonchev–Trinajstić information content (AvgIpc) is 3.55. The molecule has 0 spiro atoms. The van der Waals surface area contributed by atoms with Crippen LogP contribution in [0.3, 0.4) is 0 Å². The Morgan fingerprint density at radius 2 is 1.82 bits per heavy atom. The van der Waals surface area contributed by atoms with Crippen molar-refractivity contribution in [3.05, 3.63) is 112 Å². The Kier molecular flexibility index (Phi) is 6.71. The lowest BCUT2D eigenvalue weighted by Gasteiger charge is -2.22. The van der Waals surface area contributed by atoms with Crippen molar-refractivity contribution < 1.29 is 0 Å². The lowest BCUT2D eigenvalue weighted by Crippen LogP contribution is -2.27. The molecule has 0 fully saturated rings. The van der Waals surface area contributed by atoms with Crippen LogP contribution >= 0.6 is 11.3 Å². The van der Waals surface area contributed by atoms with Gasteiger partial charge >= 0.3 is 0 Å². The van der Waals surface area contributed by atoms with E-state index in [1.165, 1.54) is 4.88 Å². The van der Waals surface area contributed by atoms with Crippen molar-refractivity contribution in [2.75, 3.05) is 6.54 Å². The van der Waals surface area contributed by atoms with Gasteiger partial charge in [0.2, 0.25) is 0 Å². The van der Waals surface area contributed by atoms with Crippen molar-refractivity contribution >= 4 is 22.2 Å². The summed E-state index contributed by atoms with van der Waals surface area (Å²) in [6.45, 7) is 2.98. The Bertz CT molecular complexity index is 1400. The second kappa shape index (κ2) is 10.4. The number of hydrogen-bond donors (Lipinski definition) is 0. The summed E-state index contributed by atoms with van der Waals surface area (Å²) < 4.78 is 2.08. The molecule has 0 atom stereocenters. The Hall–Kier alpha value is -3.86. The lowest BCUT2D eigenvalue weighted by atomic mass is 10.1. The van der Waals surface area contributed by atoms with Crippen LogP contribution in [0.15, 0.2) is 84.5 Å². The zero-order valence-corrected chi connectivity index (χ0v) is 19.5. The number of nitriles is 1. The van der Waals surface area contributed by atoms with E-state index in [-0.39, 0.29) is 0 Å². The highest BCUT2D eigenvalue weighted by Crippen LogP contribution is 2.16. The molecule has 3 aromatic heterocycles. The molecule has 6 nitrogen and oxygen atoms in total. The van der Waals surface area contributed by atoms with Crippen LogP contribution in [0, 0.1) is 11.3 Å². The van der Waals surface area contributed by atoms with Gasteiger partial charge in [0.15, 0.2) is 0 Å². The third kappa shape index (κ3) is 5.37. The van der Waals surface area contributed by atoms with E-state index in [9.17, 15) is 0 Å². The first-order chi connectivity index (χ1) is 16.8. The Morgan fingerprint density at radius 3 is 2.65 bits per heavy atom. The molecule has 3 heterocycles. The van der Waals surface area contributed by atoms with Crippen molar-refractivity contribution in [3.63, 3.8) is 0 Å².